The number of carbonyl (C=O) groups is 2. The van der Waals surface area contributed by atoms with E-state index in [1.807, 2.05) is 0 Å². The number of carbonyl (C=O) groups excluding carboxylic acids is 1. The average molecular weight is 387 g/mol. The number of hydrogen-bond donors (Lipinski definition) is 1. The summed E-state index contributed by atoms with van der Waals surface area (Å²) in [6.45, 7) is 2.35. The van der Waals surface area contributed by atoms with Crippen LogP contribution in [0.5, 0.6) is 0 Å². The van der Waals surface area contributed by atoms with Crippen LogP contribution < -0.4 is 5.43 Å². The van der Waals surface area contributed by atoms with Crippen molar-refractivity contribution in [1.29, 1.82) is 0 Å². The molecule has 0 saturated heterocycles. The summed E-state index contributed by atoms with van der Waals surface area (Å²) in [6, 6.07) is -0.158. The predicted molar refractivity (Wildman–Crippen MR) is 88.1 cm³/mol. The normalized spacial score (nSPS) is 12.0. The van der Waals surface area contributed by atoms with Crippen LogP contribution in [0.25, 0.3) is 10.9 Å². The molecule has 26 heavy (non-hydrogen) atoms. The van der Waals surface area contributed by atoms with Gasteiger partial charge in [-0.05, 0) is 13.0 Å². The van der Waals surface area contributed by atoms with E-state index < -0.39 is 55.8 Å². The monoisotopic (exact) mass is 386 g/mol. The lowest BCUT2D eigenvalue weighted by molar-refractivity contribution is -0.383. The van der Waals surface area contributed by atoms with E-state index >= 15 is 0 Å². The van der Waals surface area contributed by atoms with Gasteiger partial charge >= 0.3 is 17.6 Å². The predicted octanol–water partition coefficient (Wildman–Crippen LogP) is 2.52. The first-order valence-corrected chi connectivity index (χ1v) is 7.52. The fourth-order valence-electron chi connectivity index (χ4n) is 2.43. The third kappa shape index (κ3) is 3.36. The molecule has 0 radical (unpaired) electrons. The van der Waals surface area contributed by atoms with Crippen LogP contribution in [0.15, 0.2) is 17.1 Å². The van der Waals surface area contributed by atoms with Crippen LogP contribution >= 0.6 is 11.6 Å². The number of aromatic nitrogens is 1. The molecule has 2 aromatic rings. The number of hydrogen-bond acceptors (Lipinski definition) is 6. The maximum atomic E-state index is 14.0. The molecular formula is C15H12ClFN2O7. The van der Waals surface area contributed by atoms with Crippen molar-refractivity contribution < 1.29 is 28.7 Å². The minimum Gasteiger partial charge on any atom is -0.477 e. The van der Waals surface area contributed by atoms with E-state index in [1.54, 1.807) is 0 Å². The highest BCUT2D eigenvalue weighted by Gasteiger charge is 2.29. The SMILES string of the molecule is CC(=O)OC[C@H](C)n1cc(C(=O)O)c(=O)c2cc(F)c(Cl)c([N+](=O)[O-])c21. The standard InChI is InChI=1S/C15H12ClFN2O7/c1-6(5-26-7(2)20)18-4-9(15(22)23)14(21)8-3-10(17)11(16)13(12(8)18)19(24)25/h3-4,6H,5H2,1-2H3,(H,22,23)/t6-/m0/s1. The fourth-order valence-corrected chi connectivity index (χ4v) is 2.64. The fraction of sp³-hybridized carbons (Fsp3) is 0.267. The third-order valence-corrected chi connectivity index (χ3v) is 3.96. The van der Waals surface area contributed by atoms with Crippen molar-refractivity contribution in [3.8, 4) is 0 Å². The van der Waals surface area contributed by atoms with Gasteiger partial charge in [0.25, 0.3) is 0 Å². The summed E-state index contributed by atoms with van der Waals surface area (Å²) in [5.74, 6) is -3.45. The van der Waals surface area contributed by atoms with Crippen LogP contribution in [-0.2, 0) is 9.53 Å². The second kappa shape index (κ2) is 7.08. The lowest BCUT2D eigenvalue weighted by atomic mass is 10.1. The van der Waals surface area contributed by atoms with Gasteiger partial charge in [-0.3, -0.25) is 19.7 Å². The zero-order chi connectivity index (χ0) is 19.8. The lowest BCUT2D eigenvalue weighted by Gasteiger charge is -2.19. The number of carboxylic acid groups (broad SMARTS) is 1. The van der Waals surface area contributed by atoms with E-state index in [2.05, 4.69) is 0 Å². The second-order valence-electron chi connectivity index (χ2n) is 5.41. The average Bonchev–Trinajstić information content (AvgIpc) is 2.54. The number of halogens is 2. The zero-order valence-corrected chi connectivity index (χ0v) is 14.2. The number of benzene rings is 1. The van der Waals surface area contributed by atoms with Crippen molar-refractivity contribution in [2.75, 3.05) is 6.61 Å². The van der Waals surface area contributed by atoms with E-state index in [9.17, 15) is 34.0 Å². The number of aromatic carboxylic acids is 1. The summed E-state index contributed by atoms with van der Waals surface area (Å²) in [5, 5.41) is 19.3. The van der Waals surface area contributed by atoms with Crippen LogP contribution in [0.4, 0.5) is 10.1 Å². The van der Waals surface area contributed by atoms with E-state index in [-0.39, 0.29) is 12.1 Å². The Hall–Kier alpha value is -3.01. The van der Waals surface area contributed by atoms with Crippen LogP contribution in [0, 0.1) is 15.9 Å². The summed E-state index contributed by atoms with van der Waals surface area (Å²) in [6.07, 6.45) is 0.877. The van der Waals surface area contributed by atoms with Gasteiger partial charge in [0.05, 0.1) is 16.4 Å². The molecule has 0 spiro atoms. The highest BCUT2D eigenvalue weighted by atomic mass is 35.5. The maximum Gasteiger partial charge on any atom is 0.341 e. The number of ether oxygens (including phenoxy) is 1. The Morgan fingerprint density at radius 2 is 2.12 bits per heavy atom. The smallest absolute Gasteiger partial charge is 0.341 e. The molecule has 138 valence electrons. The summed E-state index contributed by atoms with van der Waals surface area (Å²) < 4.78 is 19.9. The van der Waals surface area contributed by atoms with E-state index in [1.165, 1.54) is 6.92 Å². The second-order valence-corrected chi connectivity index (χ2v) is 5.79. The Kier molecular flexibility index (Phi) is 5.26. The van der Waals surface area contributed by atoms with Gasteiger partial charge in [0.15, 0.2) is 5.02 Å². The minimum atomic E-state index is -1.59. The van der Waals surface area contributed by atoms with Crippen LogP contribution in [0.3, 0.4) is 0 Å². The molecular weight excluding hydrogens is 375 g/mol. The molecule has 0 bridgehead atoms. The topological polar surface area (TPSA) is 129 Å². The highest BCUT2D eigenvalue weighted by Crippen LogP contribution is 2.35. The van der Waals surface area contributed by atoms with Crippen molar-refractivity contribution >= 4 is 40.1 Å². The molecule has 1 heterocycles. The molecule has 0 unspecified atom stereocenters. The molecule has 0 aliphatic carbocycles. The Morgan fingerprint density at radius 1 is 1.50 bits per heavy atom. The van der Waals surface area contributed by atoms with Gasteiger partial charge < -0.3 is 14.4 Å². The zero-order valence-electron chi connectivity index (χ0n) is 13.5. The van der Waals surface area contributed by atoms with Crippen molar-refractivity contribution in [3.05, 3.63) is 49.0 Å². The molecule has 2 rings (SSSR count). The van der Waals surface area contributed by atoms with E-state index in [4.69, 9.17) is 16.3 Å². The number of nitro groups is 1. The van der Waals surface area contributed by atoms with Crippen molar-refractivity contribution in [2.45, 2.75) is 19.9 Å². The molecule has 0 fully saturated rings. The molecule has 1 N–H and O–H groups in total. The van der Waals surface area contributed by atoms with E-state index in [0.717, 1.165) is 17.7 Å². The van der Waals surface area contributed by atoms with Gasteiger partial charge in [-0.2, -0.15) is 0 Å². The number of nitrogens with zero attached hydrogens (tertiary/aromatic N) is 2. The van der Waals surface area contributed by atoms with Gasteiger partial charge in [-0.15, -0.1) is 0 Å². The largest absolute Gasteiger partial charge is 0.477 e. The Morgan fingerprint density at radius 3 is 2.62 bits per heavy atom. The first kappa shape index (κ1) is 19.3. The van der Waals surface area contributed by atoms with Crippen LogP contribution in [-0.4, -0.2) is 33.1 Å². The number of fused-ring (bicyclic) bond motifs is 1. The van der Waals surface area contributed by atoms with Crippen molar-refractivity contribution in [1.82, 2.24) is 4.57 Å². The summed E-state index contributed by atoms with van der Waals surface area (Å²) >= 11 is 5.69. The Balaban J connectivity index is 2.96. The number of pyridine rings is 1. The summed E-state index contributed by atoms with van der Waals surface area (Å²) in [4.78, 5) is 45.1. The maximum absolute atomic E-state index is 14.0. The summed E-state index contributed by atoms with van der Waals surface area (Å²) in [5.41, 5.74) is -3.06. The van der Waals surface area contributed by atoms with Crippen LogP contribution in [0.1, 0.15) is 30.2 Å². The van der Waals surface area contributed by atoms with Gasteiger partial charge in [0.2, 0.25) is 5.43 Å². The first-order chi connectivity index (χ1) is 12.1. The molecule has 0 aliphatic heterocycles. The molecule has 1 aromatic carbocycles. The molecule has 1 atom stereocenters. The summed E-state index contributed by atoms with van der Waals surface area (Å²) in [7, 11) is 0. The quantitative estimate of drug-likeness (QED) is 0.474. The molecule has 0 amide bonds. The van der Waals surface area contributed by atoms with Gasteiger partial charge in [-0.1, -0.05) is 11.6 Å². The van der Waals surface area contributed by atoms with E-state index in [0.29, 0.717) is 6.07 Å². The molecule has 9 nitrogen and oxygen atoms in total. The molecule has 1 aromatic heterocycles. The lowest BCUT2D eigenvalue weighted by Crippen LogP contribution is -2.23. The number of nitro benzene ring substituents is 1. The van der Waals surface area contributed by atoms with Gasteiger partial charge in [0.1, 0.15) is 23.5 Å². The highest BCUT2D eigenvalue weighted by molar-refractivity contribution is 6.34. The number of carboxylic acids is 1. The van der Waals surface area contributed by atoms with Crippen LogP contribution in [0.2, 0.25) is 5.02 Å². The Bertz CT molecular complexity index is 1000. The van der Waals surface area contributed by atoms with Crippen molar-refractivity contribution in [3.63, 3.8) is 0 Å². The van der Waals surface area contributed by atoms with Gasteiger partial charge in [-0.25, -0.2) is 9.18 Å². The molecule has 0 saturated carbocycles. The Labute approximate surface area is 149 Å². The molecule has 11 heteroatoms. The molecule has 0 aliphatic rings. The van der Waals surface area contributed by atoms with Gasteiger partial charge in [0, 0.05) is 13.1 Å². The number of esters is 1. The first-order valence-electron chi connectivity index (χ1n) is 7.14. The minimum absolute atomic E-state index is 0.265. The van der Waals surface area contributed by atoms with Crippen molar-refractivity contribution in [2.24, 2.45) is 0 Å². The number of rotatable bonds is 5. The third-order valence-electron chi connectivity index (χ3n) is 3.60.